The molecule has 1 fully saturated rings. The highest BCUT2D eigenvalue weighted by molar-refractivity contribution is 5.82. The summed E-state index contributed by atoms with van der Waals surface area (Å²) in [5.74, 6) is 2.69. The molecule has 1 aliphatic heterocycles. The number of amides is 1. The van der Waals surface area contributed by atoms with E-state index in [1.807, 2.05) is 11.8 Å². The second-order valence-corrected chi connectivity index (χ2v) is 5.39. The summed E-state index contributed by atoms with van der Waals surface area (Å²) < 4.78 is 0. The largest absolute Gasteiger partial charge is 0.370 e. The summed E-state index contributed by atoms with van der Waals surface area (Å²) in [6.07, 6.45) is 2.92. The second-order valence-electron chi connectivity index (χ2n) is 5.39. The number of hydrogen-bond donors (Lipinski definition) is 2. The van der Waals surface area contributed by atoms with Crippen molar-refractivity contribution in [2.24, 2.45) is 0 Å². The van der Waals surface area contributed by atoms with Crippen LogP contribution in [0, 0.1) is 6.92 Å². The molecule has 1 saturated heterocycles. The van der Waals surface area contributed by atoms with Crippen LogP contribution in [0.15, 0.2) is 0 Å². The van der Waals surface area contributed by atoms with E-state index in [0.717, 1.165) is 55.4 Å². The average Bonchev–Trinajstić information content (AvgIpc) is 2.47. The number of aryl methyl sites for hydroxylation is 1. The zero-order valence-corrected chi connectivity index (χ0v) is 13.2. The normalized spacial score (nSPS) is 15.0. The zero-order chi connectivity index (χ0) is 15.2. The molecule has 6 nitrogen and oxygen atoms in total. The first kappa shape index (κ1) is 15.5. The van der Waals surface area contributed by atoms with E-state index < -0.39 is 0 Å². The minimum absolute atomic E-state index is 0.0550. The Bertz CT molecular complexity index is 503. The Balaban J connectivity index is 2.32. The number of anilines is 2. The molecule has 116 valence electrons. The molecule has 2 heterocycles. The Hall–Kier alpha value is -1.85. The lowest BCUT2D eigenvalue weighted by Crippen LogP contribution is -2.48. The number of hydrogen-bond acceptors (Lipinski definition) is 5. The molecule has 0 saturated carbocycles. The van der Waals surface area contributed by atoms with Gasteiger partial charge in [0.05, 0.1) is 6.54 Å². The molecule has 2 rings (SSSR count). The van der Waals surface area contributed by atoms with Gasteiger partial charge in [-0.25, -0.2) is 9.97 Å². The summed E-state index contributed by atoms with van der Waals surface area (Å²) in [5, 5.41) is 6.22. The highest BCUT2D eigenvalue weighted by atomic mass is 16.2. The third-order valence-electron chi connectivity index (χ3n) is 3.52. The lowest BCUT2D eigenvalue weighted by atomic mass is 10.2. The minimum atomic E-state index is 0.0550. The summed E-state index contributed by atoms with van der Waals surface area (Å²) in [4.78, 5) is 23.0. The van der Waals surface area contributed by atoms with Crippen LogP contribution in [-0.2, 0) is 11.2 Å². The number of rotatable bonds is 6. The van der Waals surface area contributed by atoms with Gasteiger partial charge in [0.2, 0.25) is 5.91 Å². The summed E-state index contributed by atoms with van der Waals surface area (Å²) in [5.41, 5.74) is 1.03. The van der Waals surface area contributed by atoms with Gasteiger partial charge in [-0.1, -0.05) is 13.8 Å². The number of nitrogens with zero attached hydrogens (tertiary/aromatic N) is 3. The van der Waals surface area contributed by atoms with Gasteiger partial charge in [0.25, 0.3) is 0 Å². The van der Waals surface area contributed by atoms with Gasteiger partial charge in [0.15, 0.2) is 0 Å². The van der Waals surface area contributed by atoms with E-state index in [4.69, 9.17) is 0 Å². The molecule has 1 amide bonds. The molecule has 0 radical (unpaired) electrons. The van der Waals surface area contributed by atoms with Crippen LogP contribution >= 0.6 is 0 Å². The highest BCUT2D eigenvalue weighted by Crippen LogP contribution is 2.24. The van der Waals surface area contributed by atoms with E-state index in [1.165, 1.54) is 0 Å². The number of carbonyl (C=O) groups excluding carboxylic acids is 1. The van der Waals surface area contributed by atoms with Crippen LogP contribution < -0.4 is 15.5 Å². The van der Waals surface area contributed by atoms with Crippen LogP contribution in [0.3, 0.4) is 0 Å². The topological polar surface area (TPSA) is 70.2 Å². The van der Waals surface area contributed by atoms with Crippen molar-refractivity contribution in [1.82, 2.24) is 15.3 Å². The first-order chi connectivity index (χ1) is 10.2. The van der Waals surface area contributed by atoms with Gasteiger partial charge in [-0.15, -0.1) is 0 Å². The van der Waals surface area contributed by atoms with Gasteiger partial charge in [0, 0.05) is 31.6 Å². The van der Waals surface area contributed by atoms with Gasteiger partial charge >= 0.3 is 0 Å². The molecule has 2 N–H and O–H groups in total. The fourth-order valence-corrected chi connectivity index (χ4v) is 2.43. The van der Waals surface area contributed by atoms with Crippen molar-refractivity contribution in [3.8, 4) is 0 Å². The van der Waals surface area contributed by atoms with Gasteiger partial charge in [-0.05, 0) is 19.8 Å². The molecule has 0 atom stereocenters. The smallest absolute Gasteiger partial charge is 0.239 e. The van der Waals surface area contributed by atoms with Gasteiger partial charge in [-0.3, -0.25) is 4.79 Å². The summed E-state index contributed by atoms with van der Waals surface area (Å²) in [6.45, 7) is 9.00. The number of nitrogens with one attached hydrogen (secondary N) is 2. The Morgan fingerprint density at radius 3 is 2.76 bits per heavy atom. The third-order valence-corrected chi connectivity index (χ3v) is 3.52. The highest BCUT2D eigenvalue weighted by Gasteiger charge is 2.21. The van der Waals surface area contributed by atoms with Crippen molar-refractivity contribution >= 4 is 17.5 Å². The van der Waals surface area contributed by atoms with Gasteiger partial charge < -0.3 is 15.5 Å². The first-order valence-corrected chi connectivity index (χ1v) is 7.78. The first-order valence-electron chi connectivity index (χ1n) is 7.78. The van der Waals surface area contributed by atoms with Crippen molar-refractivity contribution in [3.05, 3.63) is 11.4 Å². The minimum Gasteiger partial charge on any atom is -0.370 e. The number of piperazine rings is 1. The van der Waals surface area contributed by atoms with Crippen LogP contribution in [0.5, 0.6) is 0 Å². The molecule has 0 unspecified atom stereocenters. The zero-order valence-electron chi connectivity index (χ0n) is 13.2. The van der Waals surface area contributed by atoms with E-state index in [0.29, 0.717) is 13.1 Å². The molecule has 0 spiro atoms. The molecular weight excluding hydrogens is 266 g/mol. The van der Waals surface area contributed by atoms with Crippen molar-refractivity contribution in [1.29, 1.82) is 0 Å². The van der Waals surface area contributed by atoms with Gasteiger partial charge in [-0.2, -0.15) is 0 Å². The van der Waals surface area contributed by atoms with E-state index in [9.17, 15) is 4.79 Å². The van der Waals surface area contributed by atoms with E-state index in [-0.39, 0.29) is 5.91 Å². The van der Waals surface area contributed by atoms with Crippen molar-refractivity contribution < 1.29 is 4.79 Å². The van der Waals surface area contributed by atoms with Crippen molar-refractivity contribution in [2.45, 2.75) is 40.0 Å². The van der Waals surface area contributed by atoms with Crippen LogP contribution in [0.1, 0.15) is 38.1 Å². The van der Waals surface area contributed by atoms with Crippen molar-refractivity contribution in [2.75, 3.05) is 36.4 Å². The molecular formula is C15H25N5O. The Kier molecular flexibility index (Phi) is 5.36. The number of aromatic nitrogens is 2. The SMILES string of the molecule is CCCNc1nc(CCC)nc(N2CCNC(=O)C2)c1C. The van der Waals surface area contributed by atoms with Crippen LogP contribution in [0.2, 0.25) is 0 Å². The predicted molar refractivity (Wildman–Crippen MR) is 84.8 cm³/mol. The van der Waals surface area contributed by atoms with Gasteiger partial charge in [0.1, 0.15) is 17.5 Å². The summed E-state index contributed by atoms with van der Waals surface area (Å²) in [7, 11) is 0. The lowest BCUT2D eigenvalue weighted by molar-refractivity contribution is -0.120. The molecule has 0 aliphatic carbocycles. The molecule has 6 heteroatoms. The summed E-state index contributed by atoms with van der Waals surface area (Å²) in [6, 6.07) is 0. The standard InChI is InChI=1S/C15H25N5O/c1-4-6-12-18-14(17-7-5-2)11(3)15(19-12)20-9-8-16-13(21)10-20/h4-10H2,1-3H3,(H,16,21)(H,17,18,19). The fourth-order valence-electron chi connectivity index (χ4n) is 2.43. The molecule has 1 aliphatic rings. The lowest BCUT2D eigenvalue weighted by Gasteiger charge is -2.29. The fraction of sp³-hybridized carbons (Fsp3) is 0.667. The number of carbonyl (C=O) groups is 1. The third kappa shape index (κ3) is 3.83. The quantitative estimate of drug-likeness (QED) is 0.831. The molecule has 0 bridgehead atoms. The van der Waals surface area contributed by atoms with E-state index in [2.05, 4.69) is 34.4 Å². The Morgan fingerprint density at radius 1 is 1.29 bits per heavy atom. The van der Waals surface area contributed by atoms with Crippen molar-refractivity contribution in [3.63, 3.8) is 0 Å². The predicted octanol–water partition coefficient (Wildman–Crippen LogP) is 1.50. The molecule has 1 aromatic rings. The molecule has 1 aromatic heterocycles. The van der Waals surface area contributed by atoms with Crippen LogP contribution in [-0.4, -0.2) is 42.1 Å². The molecule has 21 heavy (non-hydrogen) atoms. The summed E-state index contributed by atoms with van der Waals surface area (Å²) >= 11 is 0. The van der Waals surface area contributed by atoms with Crippen LogP contribution in [0.25, 0.3) is 0 Å². The maximum atomic E-state index is 11.6. The maximum Gasteiger partial charge on any atom is 0.239 e. The molecule has 0 aromatic carbocycles. The van der Waals surface area contributed by atoms with Crippen LogP contribution in [0.4, 0.5) is 11.6 Å². The van der Waals surface area contributed by atoms with E-state index >= 15 is 0 Å². The average molecular weight is 291 g/mol. The van der Waals surface area contributed by atoms with E-state index in [1.54, 1.807) is 0 Å². The monoisotopic (exact) mass is 291 g/mol. The Morgan fingerprint density at radius 2 is 2.10 bits per heavy atom. The Labute approximate surface area is 126 Å². The second kappa shape index (κ2) is 7.24. The maximum absolute atomic E-state index is 11.6.